The average molecular weight is 419 g/mol. The molecule has 1 saturated heterocycles. The number of rotatable bonds is 2. The van der Waals surface area contributed by atoms with Gasteiger partial charge in [-0.3, -0.25) is 0 Å². The number of ether oxygens (including phenoxy) is 1. The minimum Gasteiger partial charge on any atom is -0.378 e. The second-order valence-electron chi connectivity index (χ2n) is 6.77. The fourth-order valence-corrected chi connectivity index (χ4v) is 3.76. The molecular formula is C19H17ClF2N6O. The molecule has 4 heterocycles. The molecular weight excluding hydrogens is 402 g/mol. The van der Waals surface area contributed by atoms with Crippen LogP contribution < -0.4 is 15.5 Å². The lowest BCUT2D eigenvalue weighted by molar-refractivity contribution is 0.122. The van der Waals surface area contributed by atoms with Gasteiger partial charge in [-0.1, -0.05) is 17.7 Å². The third-order valence-corrected chi connectivity index (χ3v) is 5.30. The topological polar surface area (TPSA) is 67.2 Å². The summed E-state index contributed by atoms with van der Waals surface area (Å²) in [6, 6.07) is 5.63. The Morgan fingerprint density at radius 3 is 2.62 bits per heavy atom. The van der Waals surface area contributed by atoms with Crippen molar-refractivity contribution in [1.29, 1.82) is 0 Å². The van der Waals surface area contributed by atoms with Crippen LogP contribution in [-0.4, -0.2) is 41.1 Å². The van der Waals surface area contributed by atoms with Crippen molar-refractivity contribution >= 4 is 28.9 Å². The first-order valence-electron chi connectivity index (χ1n) is 9.15. The van der Waals surface area contributed by atoms with Crippen molar-refractivity contribution in [2.45, 2.75) is 6.17 Å². The second kappa shape index (κ2) is 7.16. The van der Waals surface area contributed by atoms with Crippen LogP contribution in [0.3, 0.4) is 0 Å². The number of aromatic nitrogens is 3. The normalized spacial score (nSPS) is 18.3. The standard InChI is InChI=1S/C19H17ClF2N6O/c20-11-9-24-28-15-8-16(27-4-6-29-7-5-27)23-10-14(15)25-18(26-19(11)28)17-12(21)2-1-3-13(17)22/h1-3,8-10,18,25-26H,4-7H2. The van der Waals surface area contributed by atoms with Crippen molar-refractivity contribution in [2.24, 2.45) is 0 Å². The molecule has 10 heteroatoms. The van der Waals surface area contributed by atoms with Gasteiger partial charge in [0.2, 0.25) is 0 Å². The van der Waals surface area contributed by atoms with Crippen LogP contribution in [0.5, 0.6) is 0 Å². The molecule has 1 fully saturated rings. The first kappa shape index (κ1) is 18.1. The summed E-state index contributed by atoms with van der Waals surface area (Å²) < 4.78 is 35.9. The predicted octanol–water partition coefficient (Wildman–Crippen LogP) is 3.57. The van der Waals surface area contributed by atoms with Gasteiger partial charge >= 0.3 is 0 Å². The van der Waals surface area contributed by atoms with E-state index in [1.807, 2.05) is 6.07 Å². The zero-order valence-electron chi connectivity index (χ0n) is 15.2. The molecule has 2 N–H and O–H groups in total. The van der Waals surface area contributed by atoms with Crippen LogP contribution in [0, 0.1) is 11.6 Å². The smallest absolute Gasteiger partial charge is 0.150 e. The van der Waals surface area contributed by atoms with Gasteiger partial charge in [-0.25, -0.2) is 18.4 Å². The van der Waals surface area contributed by atoms with Gasteiger partial charge < -0.3 is 20.3 Å². The van der Waals surface area contributed by atoms with E-state index in [1.165, 1.54) is 24.4 Å². The molecule has 0 aliphatic carbocycles. The van der Waals surface area contributed by atoms with E-state index in [4.69, 9.17) is 16.3 Å². The molecule has 1 aromatic carbocycles. The van der Waals surface area contributed by atoms with E-state index in [0.29, 0.717) is 35.4 Å². The summed E-state index contributed by atoms with van der Waals surface area (Å²) in [7, 11) is 0. The van der Waals surface area contributed by atoms with Gasteiger partial charge in [0.05, 0.1) is 42.5 Å². The van der Waals surface area contributed by atoms with Crippen molar-refractivity contribution in [3.8, 4) is 5.69 Å². The molecule has 1 atom stereocenters. The maximum atomic E-state index is 14.4. The molecule has 2 aliphatic rings. The molecule has 2 aromatic heterocycles. The number of hydrogen-bond donors (Lipinski definition) is 2. The third-order valence-electron chi connectivity index (χ3n) is 5.02. The second-order valence-corrected chi connectivity index (χ2v) is 7.18. The highest BCUT2D eigenvalue weighted by atomic mass is 35.5. The highest BCUT2D eigenvalue weighted by Crippen LogP contribution is 2.38. The first-order valence-corrected chi connectivity index (χ1v) is 9.53. The van der Waals surface area contributed by atoms with Gasteiger partial charge in [0.25, 0.3) is 0 Å². The zero-order chi connectivity index (χ0) is 20.0. The lowest BCUT2D eigenvalue weighted by Crippen LogP contribution is -2.36. The summed E-state index contributed by atoms with van der Waals surface area (Å²) in [5.41, 5.74) is 1.11. The Labute approximate surface area is 170 Å². The van der Waals surface area contributed by atoms with E-state index in [9.17, 15) is 8.78 Å². The van der Waals surface area contributed by atoms with Gasteiger partial charge in [-0.05, 0) is 12.1 Å². The predicted molar refractivity (Wildman–Crippen MR) is 106 cm³/mol. The maximum Gasteiger partial charge on any atom is 0.150 e. The Bertz CT molecular complexity index is 1050. The van der Waals surface area contributed by atoms with Gasteiger partial charge in [-0.2, -0.15) is 5.10 Å². The number of benzene rings is 1. The Morgan fingerprint density at radius 1 is 1.10 bits per heavy atom. The SMILES string of the molecule is Fc1cccc(F)c1C1Nc2cnc(N3CCOCC3)cc2-n2ncc(Cl)c2N1. The minimum absolute atomic E-state index is 0.138. The van der Waals surface area contributed by atoms with Gasteiger partial charge in [0.1, 0.15) is 28.6 Å². The molecule has 0 saturated carbocycles. The minimum atomic E-state index is -0.901. The van der Waals surface area contributed by atoms with E-state index >= 15 is 0 Å². The van der Waals surface area contributed by atoms with E-state index in [1.54, 1.807) is 10.9 Å². The zero-order valence-corrected chi connectivity index (χ0v) is 16.0. The fraction of sp³-hybridized carbons (Fsp3) is 0.263. The summed E-state index contributed by atoms with van der Waals surface area (Å²) in [6.07, 6.45) is 2.22. The summed E-state index contributed by atoms with van der Waals surface area (Å²) >= 11 is 6.31. The Hall–Kier alpha value is -2.91. The van der Waals surface area contributed by atoms with Crippen molar-refractivity contribution in [1.82, 2.24) is 14.8 Å². The number of pyridine rings is 1. The van der Waals surface area contributed by atoms with E-state index in [2.05, 4.69) is 25.6 Å². The highest BCUT2D eigenvalue weighted by Gasteiger charge is 2.28. The van der Waals surface area contributed by atoms with Crippen molar-refractivity contribution in [2.75, 3.05) is 41.8 Å². The highest BCUT2D eigenvalue weighted by molar-refractivity contribution is 6.33. The molecule has 0 spiro atoms. The van der Waals surface area contributed by atoms with Crippen LogP contribution in [0.4, 0.5) is 26.1 Å². The van der Waals surface area contributed by atoms with Gasteiger partial charge in [-0.15, -0.1) is 0 Å². The molecule has 0 bridgehead atoms. The monoisotopic (exact) mass is 418 g/mol. The number of hydrogen-bond acceptors (Lipinski definition) is 6. The van der Waals surface area contributed by atoms with Crippen LogP contribution in [-0.2, 0) is 4.74 Å². The molecule has 150 valence electrons. The quantitative estimate of drug-likeness (QED) is 0.663. The molecule has 1 unspecified atom stereocenters. The Kier molecular flexibility index (Phi) is 4.48. The average Bonchev–Trinajstić information content (AvgIpc) is 3.00. The van der Waals surface area contributed by atoms with Crippen LogP contribution in [0.1, 0.15) is 11.7 Å². The van der Waals surface area contributed by atoms with E-state index in [0.717, 1.165) is 18.9 Å². The number of morpholine rings is 1. The summed E-state index contributed by atoms with van der Waals surface area (Å²) in [4.78, 5) is 6.64. The van der Waals surface area contributed by atoms with E-state index < -0.39 is 17.8 Å². The summed E-state index contributed by atoms with van der Waals surface area (Å²) in [6.45, 7) is 2.72. The Morgan fingerprint density at radius 2 is 1.86 bits per heavy atom. The summed E-state index contributed by atoms with van der Waals surface area (Å²) in [5, 5.41) is 10.9. The van der Waals surface area contributed by atoms with Crippen LogP contribution in [0.15, 0.2) is 36.7 Å². The van der Waals surface area contributed by atoms with Gasteiger partial charge in [0.15, 0.2) is 5.82 Å². The number of halogens is 3. The van der Waals surface area contributed by atoms with E-state index in [-0.39, 0.29) is 5.56 Å². The van der Waals surface area contributed by atoms with Crippen LogP contribution >= 0.6 is 11.6 Å². The van der Waals surface area contributed by atoms with Crippen LogP contribution in [0.25, 0.3) is 5.69 Å². The Balaban J connectivity index is 1.62. The molecule has 2 aliphatic heterocycles. The number of fused-ring (bicyclic) bond motifs is 3. The van der Waals surface area contributed by atoms with Crippen molar-refractivity contribution < 1.29 is 13.5 Å². The molecule has 3 aromatic rings. The first-order chi connectivity index (χ1) is 14.1. The largest absolute Gasteiger partial charge is 0.378 e. The number of nitrogens with zero attached hydrogens (tertiary/aromatic N) is 4. The maximum absolute atomic E-state index is 14.4. The molecule has 5 rings (SSSR count). The fourth-order valence-electron chi connectivity index (χ4n) is 3.59. The van der Waals surface area contributed by atoms with Crippen molar-refractivity contribution in [3.63, 3.8) is 0 Å². The molecule has 7 nitrogen and oxygen atoms in total. The van der Waals surface area contributed by atoms with Crippen molar-refractivity contribution in [3.05, 3.63) is 58.9 Å². The van der Waals surface area contributed by atoms with Gasteiger partial charge in [0, 0.05) is 19.2 Å². The lowest BCUT2D eigenvalue weighted by Gasteiger charge is -2.28. The van der Waals surface area contributed by atoms with Crippen LogP contribution in [0.2, 0.25) is 5.02 Å². The number of nitrogens with one attached hydrogen (secondary N) is 2. The summed E-state index contributed by atoms with van der Waals surface area (Å²) in [5.74, 6) is -0.135. The molecule has 29 heavy (non-hydrogen) atoms. The molecule has 0 radical (unpaired) electrons. The third kappa shape index (κ3) is 3.16. The lowest BCUT2D eigenvalue weighted by atomic mass is 10.1. The number of anilines is 3. The molecule has 0 amide bonds.